The molecule has 0 atom stereocenters. The minimum atomic E-state index is -0.499. The van der Waals surface area contributed by atoms with Gasteiger partial charge in [-0.05, 0) is 36.4 Å². The van der Waals surface area contributed by atoms with Crippen molar-refractivity contribution in [3.05, 3.63) is 53.9 Å². The molecule has 2 aliphatic rings. The number of carbonyl (C=O) groups is 2. The van der Waals surface area contributed by atoms with Crippen LogP contribution < -0.4 is 5.32 Å². The van der Waals surface area contributed by atoms with Gasteiger partial charge in [-0.15, -0.1) is 0 Å². The van der Waals surface area contributed by atoms with Crippen molar-refractivity contribution in [2.75, 3.05) is 38.7 Å². The van der Waals surface area contributed by atoms with E-state index in [1.54, 1.807) is 41.4 Å². The maximum atomic E-state index is 12.7. The van der Waals surface area contributed by atoms with Crippen molar-refractivity contribution < 1.29 is 23.8 Å². The first-order valence-electron chi connectivity index (χ1n) is 9.57. The van der Waals surface area contributed by atoms with Gasteiger partial charge in [0.25, 0.3) is 5.91 Å². The van der Waals surface area contributed by atoms with Gasteiger partial charge in [0.2, 0.25) is 0 Å². The average molecular weight is 397 g/mol. The summed E-state index contributed by atoms with van der Waals surface area (Å²) in [6, 6.07) is 10.4. The monoisotopic (exact) mass is 397 g/mol. The number of pyridine rings is 1. The molecule has 4 rings (SSSR count). The van der Waals surface area contributed by atoms with Gasteiger partial charge < -0.3 is 24.4 Å². The molecule has 3 heterocycles. The van der Waals surface area contributed by atoms with Crippen LogP contribution in [0.3, 0.4) is 0 Å². The van der Waals surface area contributed by atoms with E-state index in [1.807, 2.05) is 6.07 Å². The standard InChI is InChI=1S/C21H23N3O5/c1-27-20(26)15-2-4-16(5-3-15)23-17-6-7-18(22-14-17)19(25)24-10-8-21(9-11-24)28-12-13-29-21/h2-7,14,23H,8-13H2,1H3. The minimum Gasteiger partial charge on any atom is -0.465 e. The van der Waals surface area contributed by atoms with Crippen LogP contribution in [0.5, 0.6) is 0 Å². The van der Waals surface area contributed by atoms with E-state index in [0.29, 0.717) is 50.4 Å². The van der Waals surface area contributed by atoms with Crippen molar-refractivity contribution >= 4 is 23.3 Å². The molecule has 2 fully saturated rings. The molecule has 152 valence electrons. The summed E-state index contributed by atoms with van der Waals surface area (Å²) in [5.74, 6) is -0.968. The van der Waals surface area contributed by atoms with Gasteiger partial charge in [0.15, 0.2) is 5.79 Å². The van der Waals surface area contributed by atoms with E-state index in [0.717, 1.165) is 11.4 Å². The molecule has 8 heteroatoms. The van der Waals surface area contributed by atoms with Crippen LogP contribution in [0, 0.1) is 0 Å². The molecule has 8 nitrogen and oxygen atoms in total. The Bertz CT molecular complexity index is 866. The van der Waals surface area contributed by atoms with Crippen LogP contribution in [0.25, 0.3) is 0 Å². The van der Waals surface area contributed by atoms with Crippen molar-refractivity contribution in [2.24, 2.45) is 0 Å². The van der Waals surface area contributed by atoms with Gasteiger partial charge in [0.05, 0.1) is 37.8 Å². The zero-order chi connectivity index (χ0) is 20.3. The van der Waals surface area contributed by atoms with Crippen LogP contribution in [0.15, 0.2) is 42.6 Å². The lowest BCUT2D eigenvalue weighted by Crippen LogP contribution is -2.47. The maximum absolute atomic E-state index is 12.7. The predicted molar refractivity (Wildman–Crippen MR) is 105 cm³/mol. The van der Waals surface area contributed by atoms with Crippen LogP contribution in [0.4, 0.5) is 11.4 Å². The van der Waals surface area contributed by atoms with Gasteiger partial charge in [-0.2, -0.15) is 0 Å². The highest BCUT2D eigenvalue weighted by Gasteiger charge is 2.41. The summed E-state index contributed by atoms with van der Waals surface area (Å²) in [6.07, 6.45) is 2.98. The first-order valence-corrected chi connectivity index (χ1v) is 9.57. The second-order valence-electron chi connectivity index (χ2n) is 7.03. The zero-order valence-electron chi connectivity index (χ0n) is 16.2. The number of amides is 1. The lowest BCUT2D eigenvalue weighted by Gasteiger charge is -2.37. The van der Waals surface area contributed by atoms with Crippen LogP contribution in [-0.2, 0) is 14.2 Å². The Morgan fingerprint density at radius 2 is 1.69 bits per heavy atom. The predicted octanol–water partition coefficient (Wildman–Crippen LogP) is 2.59. The highest BCUT2D eigenvalue weighted by Crippen LogP contribution is 2.31. The zero-order valence-corrected chi connectivity index (χ0v) is 16.2. The van der Waals surface area contributed by atoms with Gasteiger partial charge in [0, 0.05) is 31.6 Å². The number of nitrogens with one attached hydrogen (secondary N) is 1. The third kappa shape index (κ3) is 4.23. The Balaban J connectivity index is 1.35. The number of benzene rings is 1. The van der Waals surface area contributed by atoms with Gasteiger partial charge in [-0.3, -0.25) is 4.79 Å². The molecule has 0 radical (unpaired) electrons. The molecular formula is C21H23N3O5. The number of methoxy groups -OCH3 is 1. The molecule has 29 heavy (non-hydrogen) atoms. The normalized spacial score (nSPS) is 17.9. The average Bonchev–Trinajstić information content (AvgIpc) is 3.22. The summed E-state index contributed by atoms with van der Waals surface area (Å²) in [5, 5.41) is 3.19. The van der Waals surface area contributed by atoms with E-state index in [-0.39, 0.29) is 11.9 Å². The fourth-order valence-corrected chi connectivity index (χ4v) is 3.57. The number of rotatable bonds is 4. The molecule has 0 bridgehead atoms. The SMILES string of the molecule is COC(=O)c1ccc(Nc2ccc(C(=O)N3CCC4(CC3)OCCO4)nc2)cc1. The smallest absolute Gasteiger partial charge is 0.337 e. The molecule has 1 N–H and O–H groups in total. The van der Waals surface area contributed by atoms with Gasteiger partial charge in [0.1, 0.15) is 5.69 Å². The van der Waals surface area contributed by atoms with E-state index in [4.69, 9.17) is 9.47 Å². The van der Waals surface area contributed by atoms with Crippen molar-refractivity contribution in [3.63, 3.8) is 0 Å². The van der Waals surface area contributed by atoms with Crippen LogP contribution in [0.1, 0.15) is 33.7 Å². The Hall–Kier alpha value is -2.97. The molecule has 0 unspecified atom stereocenters. The van der Waals surface area contributed by atoms with Crippen molar-refractivity contribution in [1.82, 2.24) is 9.88 Å². The Labute approximate surface area is 168 Å². The molecular weight excluding hydrogens is 374 g/mol. The Morgan fingerprint density at radius 1 is 1.03 bits per heavy atom. The van der Waals surface area contributed by atoms with Gasteiger partial charge >= 0.3 is 5.97 Å². The van der Waals surface area contributed by atoms with Crippen LogP contribution in [-0.4, -0.2) is 61.0 Å². The number of hydrogen-bond acceptors (Lipinski definition) is 7. The molecule has 1 aromatic carbocycles. The molecule has 1 amide bonds. The molecule has 1 spiro atoms. The van der Waals surface area contributed by atoms with Crippen molar-refractivity contribution in [2.45, 2.75) is 18.6 Å². The summed E-state index contributed by atoms with van der Waals surface area (Å²) < 4.78 is 16.1. The number of esters is 1. The van der Waals surface area contributed by atoms with E-state index in [1.165, 1.54) is 7.11 Å². The van der Waals surface area contributed by atoms with E-state index < -0.39 is 5.79 Å². The van der Waals surface area contributed by atoms with Crippen molar-refractivity contribution in [1.29, 1.82) is 0 Å². The number of ether oxygens (including phenoxy) is 3. The summed E-state index contributed by atoms with van der Waals surface area (Å²) >= 11 is 0. The Morgan fingerprint density at radius 3 is 2.28 bits per heavy atom. The summed E-state index contributed by atoms with van der Waals surface area (Å²) in [5.41, 5.74) is 2.43. The largest absolute Gasteiger partial charge is 0.465 e. The number of hydrogen-bond donors (Lipinski definition) is 1. The fourth-order valence-electron chi connectivity index (χ4n) is 3.57. The van der Waals surface area contributed by atoms with Gasteiger partial charge in [-0.25, -0.2) is 9.78 Å². The lowest BCUT2D eigenvalue weighted by atomic mass is 10.0. The molecule has 2 aromatic rings. The third-order valence-corrected chi connectivity index (χ3v) is 5.20. The highest BCUT2D eigenvalue weighted by atomic mass is 16.7. The van der Waals surface area contributed by atoms with Gasteiger partial charge in [-0.1, -0.05) is 0 Å². The maximum Gasteiger partial charge on any atom is 0.337 e. The molecule has 2 saturated heterocycles. The third-order valence-electron chi connectivity index (χ3n) is 5.20. The lowest BCUT2D eigenvalue weighted by molar-refractivity contribution is -0.181. The van der Waals surface area contributed by atoms with Crippen LogP contribution >= 0.6 is 0 Å². The topological polar surface area (TPSA) is 90.0 Å². The minimum absolute atomic E-state index is 0.0909. The second kappa shape index (κ2) is 8.18. The number of carbonyl (C=O) groups excluding carboxylic acids is 2. The molecule has 2 aliphatic heterocycles. The number of anilines is 2. The van der Waals surface area contributed by atoms with E-state index >= 15 is 0 Å². The van der Waals surface area contributed by atoms with E-state index in [2.05, 4.69) is 15.0 Å². The summed E-state index contributed by atoms with van der Waals surface area (Å²) in [6.45, 7) is 2.42. The first kappa shape index (κ1) is 19.4. The fraction of sp³-hybridized carbons (Fsp3) is 0.381. The first-order chi connectivity index (χ1) is 14.1. The second-order valence-corrected chi connectivity index (χ2v) is 7.03. The quantitative estimate of drug-likeness (QED) is 0.793. The van der Waals surface area contributed by atoms with E-state index in [9.17, 15) is 9.59 Å². The number of piperidine rings is 1. The summed E-state index contributed by atoms with van der Waals surface area (Å²) in [4.78, 5) is 30.3. The molecule has 0 aliphatic carbocycles. The molecule has 1 aromatic heterocycles. The van der Waals surface area contributed by atoms with Crippen LogP contribution in [0.2, 0.25) is 0 Å². The molecule has 0 saturated carbocycles. The summed E-state index contributed by atoms with van der Waals surface area (Å²) in [7, 11) is 1.35. The number of likely N-dealkylation sites (tertiary alicyclic amines) is 1. The van der Waals surface area contributed by atoms with Crippen molar-refractivity contribution in [3.8, 4) is 0 Å². The number of nitrogens with zero attached hydrogens (tertiary/aromatic N) is 2. The number of aromatic nitrogens is 1. The Kier molecular flexibility index (Phi) is 5.46. The highest BCUT2D eigenvalue weighted by molar-refractivity contribution is 5.92.